The van der Waals surface area contributed by atoms with Crippen molar-refractivity contribution >= 4 is 11.6 Å². The minimum atomic E-state index is -0.691. The highest BCUT2D eigenvalue weighted by Gasteiger charge is 2.16. The zero-order valence-corrected chi connectivity index (χ0v) is 7.98. The number of nitrogens with two attached hydrogens (primary N) is 1. The first-order valence-corrected chi connectivity index (χ1v) is 4.38. The lowest BCUT2D eigenvalue weighted by Crippen LogP contribution is -2.10. The van der Waals surface area contributed by atoms with Gasteiger partial charge in [-0.1, -0.05) is 18.5 Å². The first kappa shape index (κ1) is 10.3. The van der Waals surface area contributed by atoms with Crippen molar-refractivity contribution in [3.05, 3.63) is 28.5 Å². The van der Waals surface area contributed by atoms with Crippen LogP contribution in [-0.4, -0.2) is 5.11 Å². The van der Waals surface area contributed by atoms with Crippen LogP contribution in [0.25, 0.3) is 0 Å². The van der Waals surface area contributed by atoms with Crippen molar-refractivity contribution < 1.29 is 9.50 Å². The Labute approximate surface area is 81.1 Å². The van der Waals surface area contributed by atoms with Crippen LogP contribution in [0.1, 0.15) is 24.9 Å². The van der Waals surface area contributed by atoms with E-state index in [4.69, 9.17) is 17.3 Å². The minimum absolute atomic E-state index is 0.282. The Bertz CT molecular complexity index is 317. The molecule has 13 heavy (non-hydrogen) atoms. The van der Waals surface area contributed by atoms with Gasteiger partial charge >= 0.3 is 0 Å². The van der Waals surface area contributed by atoms with Crippen molar-refractivity contribution in [2.45, 2.75) is 19.4 Å². The van der Waals surface area contributed by atoms with Gasteiger partial charge in [-0.05, 0) is 18.6 Å². The predicted molar refractivity (Wildman–Crippen MR) is 50.3 cm³/mol. The van der Waals surface area contributed by atoms with Crippen molar-refractivity contribution in [1.82, 2.24) is 0 Å². The summed E-state index contributed by atoms with van der Waals surface area (Å²) < 4.78 is 12.9. The van der Waals surface area contributed by atoms with Crippen molar-refractivity contribution in [2.24, 2.45) is 5.73 Å². The molecule has 0 unspecified atom stereocenters. The summed E-state index contributed by atoms with van der Waals surface area (Å²) in [4.78, 5) is 0. The number of hydrogen-bond donors (Lipinski definition) is 2. The Balaban J connectivity index is 3.25. The third-order valence-electron chi connectivity index (χ3n) is 1.93. The molecule has 4 heteroatoms. The maximum atomic E-state index is 12.9. The number of halogens is 2. The predicted octanol–water partition coefficient (Wildman–Crippen LogP) is 2.59. The topological polar surface area (TPSA) is 46.2 Å². The molecule has 1 aromatic rings. The molecule has 0 radical (unpaired) electrons. The largest absolute Gasteiger partial charge is 0.505 e. The molecule has 0 heterocycles. The van der Waals surface area contributed by atoms with Gasteiger partial charge in [0.25, 0.3) is 0 Å². The van der Waals surface area contributed by atoms with Crippen LogP contribution < -0.4 is 5.73 Å². The van der Waals surface area contributed by atoms with Crippen molar-refractivity contribution in [3.63, 3.8) is 0 Å². The van der Waals surface area contributed by atoms with E-state index in [1.54, 1.807) is 0 Å². The van der Waals surface area contributed by atoms with E-state index in [2.05, 4.69) is 0 Å². The Morgan fingerprint density at radius 1 is 1.62 bits per heavy atom. The molecule has 0 fully saturated rings. The van der Waals surface area contributed by atoms with Crippen LogP contribution in [0.5, 0.6) is 5.75 Å². The van der Waals surface area contributed by atoms with Crippen LogP contribution in [0.4, 0.5) is 4.39 Å². The third kappa shape index (κ3) is 1.92. The molecule has 0 aromatic heterocycles. The molecule has 0 aliphatic heterocycles. The van der Waals surface area contributed by atoms with Crippen LogP contribution in [0.2, 0.25) is 5.02 Å². The third-order valence-corrected chi connectivity index (χ3v) is 2.25. The number of hydrogen-bond acceptors (Lipinski definition) is 2. The molecule has 0 aliphatic carbocycles. The highest BCUT2D eigenvalue weighted by molar-refractivity contribution is 6.31. The van der Waals surface area contributed by atoms with Gasteiger partial charge in [-0.3, -0.25) is 0 Å². The summed E-state index contributed by atoms with van der Waals surface area (Å²) >= 11 is 5.77. The number of benzene rings is 1. The maximum absolute atomic E-state index is 12.9. The van der Waals surface area contributed by atoms with E-state index in [0.29, 0.717) is 11.4 Å². The molecule has 0 saturated heterocycles. The summed E-state index contributed by atoms with van der Waals surface area (Å²) in [6.07, 6.45) is 0.594. The van der Waals surface area contributed by atoms with Gasteiger partial charge < -0.3 is 10.8 Å². The average Bonchev–Trinajstić information content (AvgIpc) is 2.12. The molecule has 72 valence electrons. The molecule has 1 rings (SSSR count). The molecular weight excluding hydrogens is 193 g/mol. The number of phenols is 1. The molecule has 0 bridgehead atoms. The van der Waals surface area contributed by atoms with E-state index in [-0.39, 0.29) is 5.56 Å². The van der Waals surface area contributed by atoms with Crippen LogP contribution in [0, 0.1) is 5.82 Å². The van der Waals surface area contributed by atoms with Crippen LogP contribution in [0.3, 0.4) is 0 Å². The van der Waals surface area contributed by atoms with Crippen molar-refractivity contribution in [2.75, 3.05) is 0 Å². The molecule has 3 N–H and O–H groups in total. The monoisotopic (exact) mass is 203 g/mol. The molecule has 0 saturated carbocycles. The minimum Gasteiger partial charge on any atom is -0.505 e. The lowest BCUT2D eigenvalue weighted by atomic mass is 10.0. The second kappa shape index (κ2) is 3.94. The van der Waals surface area contributed by atoms with E-state index in [1.807, 2.05) is 6.92 Å². The summed E-state index contributed by atoms with van der Waals surface area (Å²) in [5.41, 5.74) is 5.94. The smallest absolute Gasteiger partial charge is 0.165 e. The highest BCUT2D eigenvalue weighted by atomic mass is 35.5. The van der Waals surface area contributed by atoms with E-state index >= 15 is 0 Å². The first-order valence-electron chi connectivity index (χ1n) is 4.00. The van der Waals surface area contributed by atoms with E-state index < -0.39 is 17.6 Å². The van der Waals surface area contributed by atoms with Crippen LogP contribution >= 0.6 is 11.6 Å². The SMILES string of the molecule is CC[C@H](N)c1c(Cl)ccc(F)c1O. The van der Waals surface area contributed by atoms with Gasteiger partial charge in [0.15, 0.2) is 11.6 Å². The van der Waals surface area contributed by atoms with E-state index in [9.17, 15) is 9.50 Å². The van der Waals surface area contributed by atoms with Gasteiger partial charge in [-0.15, -0.1) is 0 Å². The zero-order valence-electron chi connectivity index (χ0n) is 7.22. The quantitative estimate of drug-likeness (QED) is 0.776. The summed E-state index contributed by atoms with van der Waals surface area (Å²) in [5.74, 6) is -1.13. The lowest BCUT2D eigenvalue weighted by molar-refractivity contribution is 0.420. The van der Waals surface area contributed by atoms with Gasteiger partial charge in [0.1, 0.15) is 0 Å². The van der Waals surface area contributed by atoms with Gasteiger partial charge in [0, 0.05) is 16.6 Å². The molecule has 1 atom stereocenters. The van der Waals surface area contributed by atoms with Crippen LogP contribution in [0.15, 0.2) is 12.1 Å². The van der Waals surface area contributed by atoms with E-state index in [1.165, 1.54) is 6.07 Å². The summed E-state index contributed by atoms with van der Waals surface area (Å²) in [5, 5.41) is 9.64. The maximum Gasteiger partial charge on any atom is 0.165 e. The standard InChI is InChI=1S/C9H11ClFNO/c1-2-7(12)8-5(10)3-4-6(11)9(8)13/h3-4,7,13H,2,12H2,1H3/t7-/m0/s1. The van der Waals surface area contributed by atoms with Gasteiger partial charge in [0.05, 0.1) is 0 Å². The highest BCUT2D eigenvalue weighted by Crippen LogP contribution is 2.33. The number of rotatable bonds is 2. The molecule has 0 spiro atoms. The Morgan fingerprint density at radius 3 is 2.77 bits per heavy atom. The average molecular weight is 204 g/mol. The summed E-state index contributed by atoms with van der Waals surface area (Å²) in [6, 6.07) is 2.08. The fourth-order valence-electron chi connectivity index (χ4n) is 1.11. The van der Waals surface area contributed by atoms with E-state index in [0.717, 1.165) is 6.07 Å². The molecular formula is C9H11ClFNO. The Morgan fingerprint density at radius 2 is 2.23 bits per heavy atom. The van der Waals surface area contributed by atoms with Gasteiger partial charge in [0.2, 0.25) is 0 Å². The van der Waals surface area contributed by atoms with Crippen molar-refractivity contribution in [3.8, 4) is 5.75 Å². The number of aromatic hydroxyl groups is 1. The summed E-state index contributed by atoms with van der Waals surface area (Å²) in [7, 11) is 0. The fourth-order valence-corrected chi connectivity index (χ4v) is 1.41. The summed E-state index contributed by atoms with van der Waals surface area (Å²) in [6.45, 7) is 1.84. The second-order valence-corrected chi connectivity index (χ2v) is 3.21. The normalized spacial score (nSPS) is 12.9. The Hall–Kier alpha value is -0.800. The molecule has 0 amide bonds. The molecule has 0 aliphatic rings. The molecule has 2 nitrogen and oxygen atoms in total. The fraction of sp³-hybridized carbons (Fsp3) is 0.333. The first-order chi connectivity index (χ1) is 6.07. The molecule has 1 aromatic carbocycles. The Kier molecular flexibility index (Phi) is 3.12. The van der Waals surface area contributed by atoms with Crippen molar-refractivity contribution in [1.29, 1.82) is 0 Å². The zero-order chi connectivity index (χ0) is 10.0. The number of phenolic OH excluding ortho intramolecular Hbond substituents is 1. The van der Waals surface area contributed by atoms with Gasteiger partial charge in [-0.25, -0.2) is 4.39 Å². The second-order valence-electron chi connectivity index (χ2n) is 2.81. The van der Waals surface area contributed by atoms with Crippen LogP contribution in [-0.2, 0) is 0 Å². The van der Waals surface area contributed by atoms with Gasteiger partial charge in [-0.2, -0.15) is 0 Å². The lowest BCUT2D eigenvalue weighted by Gasteiger charge is -2.13.